The van der Waals surface area contributed by atoms with Gasteiger partial charge in [0.05, 0.1) is 12.3 Å². The Bertz CT molecular complexity index is 502. The summed E-state index contributed by atoms with van der Waals surface area (Å²) in [5, 5.41) is 7.54. The van der Waals surface area contributed by atoms with Gasteiger partial charge in [0, 0.05) is 31.9 Å². The molecule has 0 saturated heterocycles. The van der Waals surface area contributed by atoms with Crippen molar-refractivity contribution in [1.29, 1.82) is 0 Å². The Kier molecular flexibility index (Phi) is 4.58. The standard InChI is InChI=1S/C15H21N3O/c1-12(2)19-15-6-4-13(5-7-15)8-16-9-14-10-17-18(3)11-14/h4-7,10-12,16H,8-9H2,1-3H3. The minimum absolute atomic E-state index is 0.217. The van der Waals surface area contributed by atoms with E-state index in [0.717, 1.165) is 18.8 Å². The largest absolute Gasteiger partial charge is 0.491 e. The lowest BCUT2D eigenvalue weighted by Crippen LogP contribution is -2.12. The average Bonchev–Trinajstić information content (AvgIpc) is 2.77. The molecule has 0 saturated carbocycles. The smallest absolute Gasteiger partial charge is 0.119 e. The van der Waals surface area contributed by atoms with E-state index in [0.29, 0.717) is 0 Å². The van der Waals surface area contributed by atoms with Crippen molar-refractivity contribution in [2.45, 2.75) is 33.0 Å². The summed E-state index contributed by atoms with van der Waals surface area (Å²) in [6.45, 7) is 5.74. The number of nitrogens with zero attached hydrogens (tertiary/aromatic N) is 2. The van der Waals surface area contributed by atoms with Gasteiger partial charge < -0.3 is 10.1 Å². The second kappa shape index (κ2) is 6.38. The first-order valence-electron chi connectivity index (χ1n) is 6.57. The van der Waals surface area contributed by atoms with Crippen molar-refractivity contribution in [2.24, 2.45) is 7.05 Å². The van der Waals surface area contributed by atoms with Gasteiger partial charge in [-0.15, -0.1) is 0 Å². The molecule has 0 radical (unpaired) electrons. The van der Waals surface area contributed by atoms with Crippen LogP contribution in [0.5, 0.6) is 5.75 Å². The molecule has 0 aliphatic rings. The van der Waals surface area contributed by atoms with Crippen molar-refractivity contribution < 1.29 is 4.74 Å². The summed E-state index contributed by atoms with van der Waals surface area (Å²) < 4.78 is 7.43. The van der Waals surface area contributed by atoms with Crippen LogP contribution in [-0.4, -0.2) is 15.9 Å². The van der Waals surface area contributed by atoms with Crippen molar-refractivity contribution in [2.75, 3.05) is 0 Å². The number of nitrogens with one attached hydrogen (secondary N) is 1. The summed E-state index contributed by atoms with van der Waals surface area (Å²) in [7, 11) is 1.93. The van der Waals surface area contributed by atoms with Crippen LogP contribution in [0, 0.1) is 0 Å². The molecule has 1 N–H and O–H groups in total. The average molecular weight is 259 g/mol. The van der Waals surface area contributed by atoms with E-state index < -0.39 is 0 Å². The molecule has 0 amide bonds. The zero-order valence-electron chi connectivity index (χ0n) is 11.8. The van der Waals surface area contributed by atoms with Gasteiger partial charge in [-0.1, -0.05) is 12.1 Å². The van der Waals surface area contributed by atoms with Gasteiger partial charge in [0.15, 0.2) is 0 Å². The molecule has 0 fully saturated rings. The maximum Gasteiger partial charge on any atom is 0.119 e. The van der Waals surface area contributed by atoms with Crippen LogP contribution in [0.4, 0.5) is 0 Å². The van der Waals surface area contributed by atoms with Gasteiger partial charge in [-0.2, -0.15) is 5.10 Å². The lowest BCUT2D eigenvalue weighted by atomic mass is 10.2. The summed E-state index contributed by atoms with van der Waals surface area (Å²) in [5.74, 6) is 0.922. The normalized spacial score (nSPS) is 10.9. The third-order valence-corrected chi connectivity index (χ3v) is 2.71. The number of aryl methyl sites for hydroxylation is 1. The molecule has 0 aliphatic heterocycles. The lowest BCUT2D eigenvalue weighted by molar-refractivity contribution is 0.242. The van der Waals surface area contributed by atoms with Crippen LogP contribution >= 0.6 is 0 Å². The Morgan fingerprint density at radius 3 is 2.42 bits per heavy atom. The predicted molar refractivity (Wildman–Crippen MR) is 76.0 cm³/mol. The van der Waals surface area contributed by atoms with Gasteiger partial charge >= 0.3 is 0 Å². The highest BCUT2D eigenvalue weighted by Gasteiger charge is 1.99. The lowest BCUT2D eigenvalue weighted by Gasteiger charge is -2.10. The summed E-state index contributed by atoms with van der Waals surface area (Å²) in [6, 6.07) is 8.21. The van der Waals surface area contributed by atoms with E-state index in [4.69, 9.17) is 4.74 Å². The number of ether oxygens (including phenoxy) is 1. The fourth-order valence-corrected chi connectivity index (χ4v) is 1.87. The minimum atomic E-state index is 0.217. The van der Waals surface area contributed by atoms with E-state index in [1.807, 2.05) is 50.1 Å². The number of hydrogen-bond acceptors (Lipinski definition) is 3. The molecule has 4 nitrogen and oxygen atoms in total. The number of aromatic nitrogens is 2. The molecule has 1 aromatic carbocycles. The Morgan fingerprint density at radius 2 is 1.84 bits per heavy atom. The molecule has 0 bridgehead atoms. The van der Waals surface area contributed by atoms with E-state index in [1.165, 1.54) is 11.1 Å². The van der Waals surface area contributed by atoms with Crippen molar-refractivity contribution in [3.63, 3.8) is 0 Å². The van der Waals surface area contributed by atoms with Gasteiger partial charge in [0.25, 0.3) is 0 Å². The van der Waals surface area contributed by atoms with E-state index in [9.17, 15) is 0 Å². The van der Waals surface area contributed by atoms with E-state index in [2.05, 4.69) is 22.5 Å². The van der Waals surface area contributed by atoms with E-state index in [1.54, 1.807) is 0 Å². The van der Waals surface area contributed by atoms with Crippen LogP contribution in [0.2, 0.25) is 0 Å². The second-order valence-electron chi connectivity index (χ2n) is 4.94. The topological polar surface area (TPSA) is 39.1 Å². The van der Waals surface area contributed by atoms with Crippen LogP contribution in [0.25, 0.3) is 0 Å². The van der Waals surface area contributed by atoms with Crippen LogP contribution in [-0.2, 0) is 20.1 Å². The fourth-order valence-electron chi connectivity index (χ4n) is 1.87. The molecule has 2 aromatic rings. The first kappa shape index (κ1) is 13.6. The molecule has 0 spiro atoms. The highest BCUT2D eigenvalue weighted by molar-refractivity contribution is 5.27. The zero-order chi connectivity index (χ0) is 13.7. The van der Waals surface area contributed by atoms with Crippen molar-refractivity contribution in [3.8, 4) is 5.75 Å². The quantitative estimate of drug-likeness (QED) is 0.866. The van der Waals surface area contributed by atoms with Gasteiger partial charge in [0.1, 0.15) is 5.75 Å². The van der Waals surface area contributed by atoms with Crippen LogP contribution < -0.4 is 10.1 Å². The van der Waals surface area contributed by atoms with Crippen LogP contribution in [0.3, 0.4) is 0 Å². The summed E-state index contributed by atoms with van der Waals surface area (Å²) in [5.41, 5.74) is 2.45. The van der Waals surface area contributed by atoms with Crippen LogP contribution in [0.15, 0.2) is 36.7 Å². The number of benzene rings is 1. The zero-order valence-corrected chi connectivity index (χ0v) is 11.8. The van der Waals surface area contributed by atoms with Crippen LogP contribution in [0.1, 0.15) is 25.0 Å². The second-order valence-corrected chi connectivity index (χ2v) is 4.94. The molecule has 0 aliphatic carbocycles. The molecule has 2 rings (SSSR count). The molecule has 0 atom stereocenters. The Balaban J connectivity index is 1.79. The van der Waals surface area contributed by atoms with E-state index in [-0.39, 0.29) is 6.10 Å². The third kappa shape index (κ3) is 4.41. The first-order valence-corrected chi connectivity index (χ1v) is 6.57. The van der Waals surface area contributed by atoms with Gasteiger partial charge in [-0.3, -0.25) is 4.68 Å². The molecule has 1 aromatic heterocycles. The first-order chi connectivity index (χ1) is 9.13. The Hall–Kier alpha value is -1.81. The number of rotatable bonds is 6. The molecule has 102 valence electrons. The monoisotopic (exact) mass is 259 g/mol. The summed E-state index contributed by atoms with van der Waals surface area (Å²) in [6.07, 6.45) is 4.12. The molecule has 1 heterocycles. The highest BCUT2D eigenvalue weighted by atomic mass is 16.5. The summed E-state index contributed by atoms with van der Waals surface area (Å²) in [4.78, 5) is 0. The minimum Gasteiger partial charge on any atom is -0.491 e. The molecule has 0 unspecified atom stereocenters. The third-order valence-electron chi connectivity index (χ3n) is 2.71. The predicted octanol–water partition coefficient (Wildman–Crippen LogP) is 2.50. The van der Waals surface area contributed by atoms with Crippen molar-refractivity contribution in [1.82, 2.24) is 15.1 Å². The maximum atomic E-state index is 5.61. The Labute approximate surface area is 114 Å². The van der Waals surface area contributed by atoms with Gasteiger partial charge in [-0.25, -0.2) is 0 Å². The highest BCUT2D eigenvalue weighted by Crippen LogP contribution is 2.13. The molecule has 19 heavy (non-hydrogen) atoms. The summed E-state index contributed by atoms with van der Waals surface area (Å²) >= 11 is 0. The molecule has 4 heteroatoms. The maximum absolute atomic E-state index is 5.61. The van der Waals surface area contributed by atoms with Gasteiger partial charge in [0.2, 0.25) is 0 Å². The molecular formula is C15H21N3O. The van der Waals surface area contributed by atoms with E-state index >= 15 is 0 Å². The fraction of sp³-hybridized carbons (Fsp3) is 0.400. The van der Waals surface area contributed by atoms with Crippen molar-refractivity contribution in [3.05, 3.63) is 47.8 Å². The van der Waals surface area contributed by atoms with Crippen molar-refractivity contribution >= 4 is 0 Å². The SMILES string of the molecule is CC(C)Oc1ccc(CNCc2cnn(C)c2)cc1. The van der Waals surface area contributed by atoms with Gasteiger partial charge in [-0.05, 0) is 31.5 Å². The molecular weight excluding hydrogens is 238 g/mol. The number of hydrogen-bond donors (Lipinski definition) is 1. The Morgan fingerprint density at radius 1 is 1.16 bits per heavy atom.